The van der Waals surface area contributed by atoms with Crippen molar-refractivity contribution in [1.82, 2.24) is 19.3 Å². The highest BCUT2D eigenvalue weighted by molar-refractivity contribution is 5.48. The van der Waals surface area contributed by atoms with E-state index in [1.54, 1.807) is 0 Å². The second kappa shape index (κ2) is 6.49. The molecule has 0 unspecified atom stereocenters. The van der Waals surface area contributed by atoms with Crippen LogP contribution >= 0.6 is 0 Å². The number of anilines is 2. The van der Waals surface area contributed by atoms with Crippen LogP contribution in [-0.2, 0) is 6.42 Å². The second-order valence-electron chi connectivity index (χ2n) is 6.23. The number of hydrogen-bond acceptors (Lipinski definition) is 5. The molecule has 1 saturated heterocycles. The van der Waals surface area contributed by atoms with Crippen LogP contribution in [0.25, 0.3) is 5.65 Å². The van der Waals surface area contributed by atoms with Crippen molar-refractivity contribution in [2.75, 3.05) is 43.4 Å². The van der Waals surface area contributed by atoms with Gasteiger partial charge in [-0.2, -0.15) is 0 Å². The van der Waals surface area contributed by atoms with Crippen LogP contribution in [0.15, 0.2) is 48.9 Å². The minimum absolute atomic E-state index is 0.761. The smallest absolute Gasteiger partial charge is 0.137 e. The van der Waals surface area contributed by atoms with Crippen molar-refractivity contribution in [2.45, 2.75) is 6.42 Å². The summed E-state index contributed by atoms with van der Waals surface area (Å²) in [7, 11) is 0. The Labute approximate surface area is 141 Å². The lowest BCUT2D eigenvalue weighted by atomic mass is 10.2. The van der Waals surface area contributed by atoms with Gasteiger partial charge in [0, 0.05) is 63.4 Å². The molecule has 0 saturated carbocycles. The first-order valence-electron chi connectivity index (χ1n) is 8.39. The Morgan fingerprint density at radius 2 is 1.88 bits per heavy atom. The van der Waals surface area contributed by atoms with Gasteiger partial charge in [-0.3, -0.25) is 4.90 Å². The van der Waals surface area contributed by atoms with Gasteiger partial charge in [-0.05, 0) is 24.3 Å². The zero-order chi connectivity index (χ0) is 16.4. The number of piperazine rings is 1. The molecule has 0 aliphatic carbocycles. The number of nitrogen functional groups attached to an aromatic ring is 1. The highest BCUT2D eigenvalue weighted by Gasteiger charge is 2.17. The third-order valence-corrected chi connectivity index (χ3v) is 4.55. The molecule has 1 aliphatic heterocycles. The maximum Gasteiger partial charge on any atom is 0.137 e. The maximum absolute atomic E-state index is 5.82. The van der Waals surface area contributed by atoms with Gasteiger partial charge >= 0.3 is 0 Å². The first-order valence-corrected chi connectivity index (χ1v) is 8.39. The van der Waals surface area contributed by atoms with E-state index in [1.807, 2.05) is 41.1 Å². The Morgan fingerprint density at radius 3 is 2.67 bits per heavy atom. The third-order valence-electron chi connectivity index (χ3n) is 4.55. The molecule has 4 heterocycles. The average Bonchev–Trinajstić information content (AvgIpc) is 3.03. The van der Waals surface area contributed by atoms with Crippen LogP contribution in [-0.4, -0.2) is 52.0 Å². The highest BCUT2D eigenvalue weighted by atomic mass is 15.3. The fraction of sp³-hybridized carbons (Fsp3) is 0.333. The Kier molecular flexibility index (Phi) is 4.04. The van der Waals surface area contributed by atoms with Crippen LogP contribution in [0, 0.1) is 0 Å². The van der Waals surface area contributed by atoms with Crippen molar-refractivity contribution in [3.8, 4) is 0 Å². The van der Waals surface area contributed by atoms with Crippen LogP contribution in [0.5, 0.6) is 0 Å². The lowest BCUT2D eigenvalue weighted by Gasteiger charge is -2.35. The van der Waals surface area contributed by atoms with Crippen molar-refractivity contribution >= 4 is 17.2 Å². The van der Waals surface area contributed by atoms with E-state index < -0.39 is 0 Å². The summed E-state index contributed by atoms with van der Waals surface area (Å²) >= 11 is 0. The zero-order valence-electron chi connectivity index (χ0n) is 13.7. The van der Waals surface area contributed by atoms with Gasteiger partial charge in [0.25, 0.3) is 0 Å². The van der Waals surface area contributed by atoms with E-state index in [0.29, 0.717) is 0 Å². The molecular formula is C18H22N6. The minimum Gasteiger partial charge on any atom is -0.398 e. The molecular weight excluding hydrogens is 300 g/mol. The molecule has 3 aromatic heterocycles. The molecule has 6 nitrogen and oxygen atoms in total. The van der Waals surface area contributed by atoms with E-state index in [9.17, 15) is 0 Å². The van der Waals surface area contributed by atoms with Gasteiger partial charge in [0.2, 0.25) is 0 Å². The van der Waals surface area contributed by atoms with E-state index in [-0.39, 0.29) is 0 Å². The number of rotatable bonds is 4. The fourth-order valence-corrected chi connectivity index (χ4v) is 3.20. The van der Waals surface area contributed by atoms with E-state index in [4.69, 9.17) is 5.73 Å². The largest absolute Gasteiger partial charge is 0.398 e. The van der Waals surface area contributed by atoms with E-state index in [2.05, 4.69) is 32.0 Å². The third kappa shape index (κ3) is 3.19. The monoisotopic (exact) mass is 322 g/mol. The standard InChI is InChI=1S/C18H22N6/c19-15-4-5-18-21-16(14-24(18)13-15)6-8-22-9-11-23(12-10-22)17-3-1-2-7-20-17/h1-5,7,13-14H,6,8-12,19H2. The van der Waals surface area contributed by atoms with E-state index >= 15 is 0 Å². The summed E-state index contributed by atoms with van der Waals surface area (Å²) in [6, 6.07) is 9.94. The molecule has 3 aromatic rings. The molecule has 0 amide bonds. The Morgan fingerprint density at radius 1 is 1.00 bits per heavy atom. The van der Waals surface area contributed by atoms with Crippen LogP contribution in [0.2, 0.25) is 0 Å². The lowest BCUT2D eigenvalue weighted by molar-refractivity contribution is 0.260. The molecule has 1 fully saturated rings. The maximum atomic E-state index is 5.82. The van der Waals surface area contributed by atoms with Gasteiger partial charge in [-0.1, -0.05) is 6.07 Å². The summed E-state index contributed by atoms with van der Waals surface area (Å²) < 4.78 is 2.00. The van der Waals surface area contributed by atoms with Gasteiger partial charge in [0.15, 0.2) is 0 Å². The normalized spacial score (nSPS) is 15.9. The van der Waals surface area contributed by atoms with Crippen LogP contribution in [0.1, 0.15) is 5.69 Å². The minimum atomic E-state index is 0.761. The van der Waals surface area contributed by atoms with Crippen molar-refractivity contribution in [1.29, 1.82) is 0 Å². The number of pyridine rings is 2. The highest BCUT2D eigenvalue weighted by Crippen LogP contribution is 2.13. The molecule has 0 atom stereocenters. The number of nitrogens with two attached hydrogens (primary N) is 1. The molecule has 0 spiro atoms. The number of aromatic nitrogens is 3. The van der Waals surface area contributed by atoms with Crippen LogP contribution < -0.4 is 10.6 Å². The summed E-state index contributed by atoms with van der Waals surface area (Å²) in [5, 5.41) is 0. The van der Waals surface area contributed by atoms with Crippen molar-refractivity contribution in [3.63, 3.8) is 0 Å². The average molecular weight is 322 g/mol. The van der Waals surface area contributed by atoms with Gasteiger partial charge in [-0.15, -0.1) is 0 Å². The number of imidazole rings is 1. The second-order valence-corrected chi connectivity index (χ2v) is 6.23. The van der Waals surface area contributed by atoms with E-state index in [1.165, 1.54) is 0 Å². The molecule has 124 valence electrons. The Hall–Kier alpha value is -2.60. The molecule has 0 aromatic carbocycles. The number of nitrogens with zero attached hydrogens (tertiary/aromatic N) is 5. The Bertz CT molecular complexity index is 805. The van der Waals surface area contributed by atoms with Crippen LogP contribution in [0.4, 0.5) is 11.5 Å². The zero-order valence-corrected chi connectivity index (χ0v) is 13.7. The molecule has 0 radical (unpaired) electrons. The van der Waals surface area contributed by atoms with Gasteiger partial charge < -0.3 is 15.0 Å². The summed E-state index contributed by atoms with van der Waals surface area (Å²) in [5.41, 5.74) is 8.66. The Balaban J connectivity index is 1.32. The summed E-state index contributed by atoms with van der Waals surface area (Å²) in [6.07, 6.45) is 6.82. The molecule has 2 N–H and O–H groups in total. The topological polar surface area (TPSA) is 62.7 Å². The number of hydrogen-bond donors (Lipinski definition) is 1. The predicted molar refractivity (Wildman–Crippen MR) is 96.2 cm³/mol. The van der Waals surface area contributed by atoms with E-state index in [0.717, 1.165) is 62.0 Å². The van der Waals surface area contributed by atoms with Gasteiger partial charge in [-0.25, -0.2) is 9.97 Å². The van der Waals surface area contributed by atoms with Crippen LogP contribution in [0.3, 0.4) is 0 Å². The first kappa shape index (κ1) is 15.0. The quantitative estimate of drug-likeness (QED) is 0.792. The molecule has 0 bridgehead atoms. The molecule has 1 aliphatic rings. The van der Waals surface area contributed by atoms with Gasteiger partial charge in [0.05, 0.1) is 5.69 Å². The number of fused-ring (bicyclic) bond motifs is 1. The van der Waals surface area contributed by atoms with Gasteiger partial charge in [0.1, 0.15) is 11.5 Å². The van der Waals surface area contributed by atoms with Crippen molar-refractivity contribution < 1.29 is 0 Å². The summed E-state index contributed by atoms with van der Waals surface area (Å²) in [5.74, 6) is 1.08. The van der Waals surface area contributed by atoms with Crippen molar-refractivity contribution in [3.05, 3.63) is 54.6 Å². The molecule has 4 rings (SSSR count). The van der Waals surface area contributed by atoms with Crippen molar-refractivity contribution in [2.24, 2.45) is 0 Å². The fourth-order valence-electron chi connectivity index (χ4n) is 3.20. The predicted octanol–water partition coefficient (Wildman–Crippen LogP) is 1.68. The molecule has 6 heteroatoms. The first-order chi connectivity index (χ1) is 11.8. The lowest BCUT2D eigenvalue weighted by Crippen LogP contribution is -2.47. The summed E-state index contributed by atoms with van der Waals surface area (Å²) in [6.45, 7) is 5.22. The molecule has 24 heavy (non-hydrogen) atoms. The summed E-state index contributed by atoms with van der Waals surface area (Å²) in [4.78, 5) is 13.9. The SMILES string of the molecule is Nc1ccc2nc(CCN3CCN(c4ccccn4)CC3)cn2c1.